The fraction of sp³-hybridized carbons (Fsp3) is 1.00. The molecule has 2 atom stereocenters. The Morgan fingerprint density at radius 2 is 1.62 bits per heavy atom. The van der Waals surface area contributed by atoms with Gasteiger partial charge in [0.05, 0.1) is 0 Å². The van der Waals surface area contributed by atoms with Crippen LogP contribution in [-0.4, -0.2) is 0 Å². The van der Waals surface area contributed by atoms with E-state index < -0.39 is 0 Å². The van der Waals surface area contributed by atoms with Gasteiger partial charge in [-0.25, -0.2) is 0 Å². The van der Waals surface area contributed by atoms with Crippen LogP contribution < -0.4 is 0 Å². The topological polar surface area (TPSA) is 0 Å². The Bertz CT molecular complexity index is 153. The van der Waals surface area contributed by atoms with Crippen molar-refractivity contribution in [3.8, 4) is 0 Å². The smallest absolute Gasteiger partial charge is 0.0238 e. The Kier molecular flexibility index (Phi) is 3.43. The van der Waals surface area contributed by atoms with Gasteiger partial charge in [0.15, 0.2) is 0 Å². The van der Waals surface area contributed by atoms with Gasteiger partial charge in [-0.05, 0) is 42.4 Å². The molecule has 0 saturated heterocycles. The minimum absolute atomic E-state index is 0.740. The van der Waals surface area contributed by atoms with Crippen LogP contribution in [0.4, 0.5) is 0 Å². The summed E-state index contributed by atoms with van der Waals surface area (Å²) in [5.41, 5.74) is 0.740. The summed E-state index contributed by atoms with van der Waals surface area (Å²) in [7, 11) is 0. The Morgan fingerprint density at radius 3 is 1.85 bits per heavy atom. The Morgan fingerprint density at radius 1 is 1.08 bits per heavy atom. The quantitative estimate of drug-likeness (QED) is 0.587. The second kappa shape index (κ2) is 4.02. The third-order valence-electron chi connectivity index (χ3n) is 4.36. The standard InChI is InChI=1S/C13H26/c1-6-9-11-12(10(4)5)13(11,7-2)8-3/h10-12H,6-9H2,1-5H3. The third kappa shape index (κ3) is 1.65. The molecule has 1 aliphatic rings. The summed E-state index contributed by atoms with van der Waals surface area (Å²) in [6, 6.07) is 0. The number of rotatable bonds is 5. The van der Waals surface area contributed by atoms with Crippen molar-refractivity contribution in [2.24, 2.45) is 23.2 Å². The first-order valence-electron chi connectivity index (χ1n) is 6.14. The van der Waals surface area contributed by atoms with E-state index in [0.717, 1.165) is 23.2 Å². The lowest BCUT2D eigenvalue weighted by Crippen LogP contribution is -2.05. The highest BCUT2D eigenvalue weighted by molar-refractivity contribution is 5.09. The molecule has 0 aliphatic heterocycles. The van der Waals surface area contributed by atoms with E-state index in [1.807, 2.05) is 0 Å². The van der Waals surface area contributed by atoms with Crippen LogP contribution in [0.1, 0.15) is 60.3 Å². The van der Waals surface area contributed by atoms with Crippen LogP contribution in [0.5, 0.6) is 0 Å². The zero-order valence-electron chi connectivity index (χ0n) is 10.1. The number of hydrogen-bond acceptors (Lipinski definition) is 0. The fourth-order valence-corrected chi connectivity index (χ4v) is 3.76. The molecule has 0 aromatic rings. The van der Waals surface area contributed by atoms with E-state index in [-0.39, 0.29) is 0 Å². The van der Waals surface area contributed by atoms with E-state index in [4.69, 9.17) is 0 Å². The van der Waals surface area contributed by atoms with Crippen molar-refractivity contribution in [3.05, 3.63) is 0 Å². The second-order valence-corrected chi connectivity index (χ2v) is 5.11. The van der Waals surface area contributed by atoms with Crippen molar-refractivity contribution < 1.29 is 0 Å². The lowest BCUT2D eigenvalue weighted by molar-refractivity contribution is 0.360. The molecule has 13 heavy (non-hydrogen) atoms. The Balaban J connectivity index is 2.64. The maximum atomic E-state index is 2.40. The number of hydrogen-bond donors (Lipinski definition) is 0. The van der Waals surface area contributed by atoms with Gasteiger partial charge in [0.1, 0.15) is 0 Å². The molecule has 78 valence electrons. The van der Waals surface area contributed by atoms with Crippen molar-refractivity contribution in [2.45, 2.75) is 60.3 Å². The average Bonchev–Trinajstić information content (AvgIpc) is 2.75. The van der Waals surface area contributed by atoms with Gasteiger partial charge in [0.25, 0.3) is 0 Å². The molecule has 0 heterocycles. The Hall–Kier alpha value is 0. The summed E-state index contributed by atoms with van der Waals surface area (Å²) in [6.07, 6.45) is 5.63. The Labute approximate surface area is 84.1 Å². The summed E-state index contributed by atoms with van der Waals surface area (Å²) in [4.78, 5) is 0. The normalized spacial score (nSPS) is 30.9. The van der Waals surface area contributed by atoms with E-state index in [0.29, 0.717) is 0 Å². The molecule has 0 bridgehead atoms. The summed E-state index contributed by atoms with van der Waals surface area (Å²) < 4.78 is 0. The van der Waals surface area contributed by atoms with Crippen LogP contribution >= 0.6 is 0 Å². The molecule has 0 spiro atoms. The minimum atomic E-state index is 0.740. The zero-order chi connectivity index (χ0) is 10.1. The predicted octanol–water partition coefficient (Wildman–Crippen LogP) is 4.49. The molecule has 0 N–H and O–H groups in total. The predicted molar refractivity (Wildman–Crippen MR) is 59.7 cm³/mol. The summed E-state index contributed by atoms with van der Waals surface area (Å²) in [5.74, 6) is 2.98. The van der Waals surface area contributed by atoms with Crippen LogP contribution in [0.2, 0.25) is 0 Å². The van der Waals surface area contributed by atoms with E-state index in [2.05, 4.69) is 34.6 Å². The summed E-state index contributed by atoms with van der Waals surface area (Å²) in [5, 5.41) is 0. The first-order chi connectivity index (χ1) is 6.14. The average molecular weight is 182 g/mol. The van der Waals surface area contributed by atoms with Crippen LogP contribution in [-0.2, 0) is 0 Å². The molecule has 0 aromatic heterocycles. The molecule has 1 saturated carbocycles. The van der Waals surface area contributed by atoms with Gasteiger partial charge in [-0.1, -0.05) is 41.0 Å². The van der Waals surface area contributed by atoms with Gasteiger partial charge in [0, 0.05) is 0 Å². The maximum Gasteiger partial charge on any atom is -0.0238 e. The van der Waals surface area contributed by atoms with Gasteiger partial charge in [-0.2, -0.15) is 0 Å². The van der Waals surface area contributed by atoms with E-state index >= 15 is 0 Å². The molecular formula is C13H26. The molecule has 2 unspecified atom stereocenters. The fourth-order valence-electron chi connectivity index (χ4n) is 3.76. The van der Waals surface area contributed by atoms with Crippen molar-refractivity contribution in [3.63, 3.8) is 0 Å². The van der Waals surface area contributed by atoms with Crippen molar-refractivity contribution >= 4 is 0 Å². The van der Waals surface area contributed by atoms with Crippen LogP contribution in [0, 0.1) is 23.2 Å². The highest BCUT2D eigenvalue weighted by Gasteiger charge is 2.61. The third-order valence-corrected chi connectivity index (χ3v) is 4.36. The van der Waals surface area contributed by atoms with E-state index in [1.54, 1.807) is 0 Å². The van der Waals surface area contributed by atoms with Crippen molar-refractivity contribution in [1.82, 2.24) is 0 Å². The van der Waals surface area contributed by atoms with E-state index in [1.165, 1.54) is 25.7 Å². The molecule has 0 aromatic carbocycles. The monoisotopic (exact) mass is 182 g/mol. The van der Waals surface area contributed by atoms with Crippen LogP contribution in [0.25, 0.3) is 0 Å². The lowest BCUT2D eigenvalue weighted by atomic mass is 9.91. The van der Waals surface area contributed by atoms with E-state index in [9.17, 15) is 0 Å². The molecule has 1 aliphatic carbocycles. The van der Waals surface area contributed by atoms with Crippen LogP contribution in [0.15, 0.2) is 0 Å². The van der Waals surface area contributed by atoms with Crippen molar-refractivity contribution in [2.75, 3.05) is 0 Å². The molecule has 0 nitrogen and oxygen atoms in total. The molecule has 0 heteroatoms. The van der Waals surface area contributed by atoms with Crippen molar-refractivity contribution in [1.29, 1.82) is 0 Å². The minimum Gasteiger partial charge on any atom is -0.0654 e. The summed E-state index contributed by atoms with van der Waals surface area (Å²) in [6.45, 7) is 11.9. The first kappa shape index (κ1) is 11.1. The van der Waals surface area contributed by atoms with Gasteiger partial charge >= 0.3 is 0 Å². The van der Waals surface area contributed by atoms with Gasteiger partial charge in [-0.3, -0.25) is 0 Å². The highest BCUT2D eigenvalue weighted by atomic mass is 14.7. The zero-order valence-corrected chi connectivity index (χ0v) is 10.1. The first-order valence-corrected chi connectivity index (χ1v) is 6.14. The highest BCUT2D eigenvalue weighted by Crippen LogP contribution is 2.67. The molecule has 0 radical (unpaired) electrons. The van der Waals surface area contributed by atoms with Gasteiger partial charge in [-0.15, -0.1) is 0 Å². The molecule has 1 rings (SSSR count). The maximum absolute atomic E-state index is 2.40. The molecule has 0 amide bonds. The molecule has 1 fully saturated rings. The van der Waals surface area contributed by atoms with Gasteiger partial charge in [0.2, 0.25) is 0 Å². The molecular weight excluding hydrogens is 156 g/mol. The van der Waals surface area contributed by atoms with Gasteiger partial charge < -0.3 is 0 Å². The summed E-state index contributed by atoms with van der Waals surface area (Å²) >= 11 is 0. The lowest BCUT2D eigenvalue weighted by Gasteiger charge is -2.14. The largest absolute Gasteiger partial charge is 0.0654 e. The SMILES string of the molecule is CCCC1C(C(C)C)C1(CC)CC. The second-order valence-electron chi connectivity index (χ2n) is 5.11. The van der Waals surface area contributed by atoms with Crippen LogP contribution in [0.3, 0.4) is 0 Å².